The van der Waals surface area contributed by atoms with E-state index in [4.69, 9.17) is 8.84 Å². The molecular formula is C28H43N3O4Si. The molecular weight excluding hydrogens is 470 g/mol. The lowest BCUT2D eigenvalue weighted by Gasteiger charge is -2.39. The van der Waals surface area contributed by atoms with Gasteiger partial charge in [-0.05, 0) is 36.2 Å². The number of oxazole rings is 1. The fourth-order valence-electron chi connectivity index (χ4n) is 4.16. The third kappa shape index (κ3) is 6.03. The van der Waals surface area contributed by atoms with E-state index in [0.717, 1.165) is 42.1 Å². The number of aromatic amines is 1. The molecule has 0 bridgehead atoms. The van der Waals surface area contributed by atoms with Crippen molar-refractivity contribution in [3.63, 3.8) is 0 Å². The largest absolute Gasteiger partial charge is 0.491 e. The van der Waals surface area contributed by atoms with Gasteiger partial charge in [-0.25, -0.2) is 0 Å². The van der Waals surface area contributed by atoms with Gasteiger partial charge in [0.2, 0.25) is 0 Å². The van der Waals surface area contributed by atoms with E-state index in [2.05, 4.69) is 50.8 Å². The molecule has 0 saturated carbocycles. The molecule has 1 amide bonds. The Bertz CT molecular complexity index is 1160. The first-order chi connectivity index (χ1) is 16.9. The molecule has 1 aromatic carbocycles. The molecule has 2 heterocycles. The number of carbonyl (C=O) groups is 1. The number of para-hydroxylation sites is 1. The summed E-state index contributed by atoms with van der Waals surface area (Å²) in [7, 11) is -0.543. The molecule has 3 rings (SSSR count). The average molecular weight is 514 g/mol. The minimum Gasteiger partial charge on any atom is -0.491 e. The monoisotopic (exact) mass is 513 g/mol. The Morgan fingerprint density at radius 3 is 2.58 bits per heavy atom. The number of hydrogen-bond donors (Lipinski definition) is 2. The van der Waals surface area contributed by atoms with Gasteiger partial charge >= 0.3 is 6.01 Å². The third-order valence-electron chi connectivity index (χ3n) is 7.56. The number of nitrogens with zero attached hydrogens (tertiary/aromatic N) is 2. The Labute approximate surface area is 216 Å². The highest BCUT2D eigenvalue weighted by molar-refractivity contribution is 6.74. The molecule has 0 radical (unpaired) electrons. The number of anilines is 1. The van der Waals surface area contributed by atoms with Crippen LogP contribution >= 0.6 is 0 Å². The predicted octanol–water partition coefficient (Wildman–Crippen LogP) is 7.34. The zero-order valence-corrected chi connectivity index (χ0v) is 24.1. The second-order valence-corrected chi connectivity index (χ2v) is 16.1. The molecule has 0 aliphatic rings. The zero-order chi connectivity index (χ0) is 26.7. The first-order valence-corrected chi connectivity index (χ1v) is 16.0. The molecule has 2 aromatic heterocycles. The number of hydrogen-bond acceptors (Lipinski definition) is 5. The summed E-state index contributed by atoms with van der Waals surface area (Å²) in [6, 6.07) is 8.07. The quantitative estimate of drug-likeness (QED) is 0.207. The number of H-pyrrole nitrogens is 1. The van der Waals surface area contributed by atoms with Crippen LogP contribution in [0.25, 0.3) is 10.9 Å². The number of likely N-dealkylation sites (N-methyl/N-ethyl adjacent to an activating group) is 1. The summed E-state index contributed by atoms with van der Waals surface area (Å²) in [5.41, 5.74) is 2.01. The van der Waals surface area contributed by atoms with Crippen molar-refractivity contribution < 1.29 is 18.7 Å². The van der Waals surface area contributed by atoms with Gasteiger partial charge in [0.15, 0.2) is 14.1 Å². The maximum Gasteiger partial charge on any atom is 0.307 e. The molecule has 2 atom stereocenters. The number of aromatic nitrogens is 2. The van der Waals surface area contributed by atoms with Crippen LogP contribution in [0.3, 0.4) is 0 Å². The Kier molecular flexibility index (Phi) is 8.72. The van der Waals surface area contributed by atoms with E-state index in [9.17, 15) is 9.90 Å². The highest BCUT2D eigenvalue weighted by Crippen LogP contribution is 2.39. The Morgan fingerprint density at radius 2 is 1.92 bits per heavy atom. The van der Waals surface area contributed by atoms with E-state index < -0.39 is 14.4 Å². The van der Waals surface area contributed by atoms with E-state index in [-0.39, 0.29) is 28.8 Å². The molecule has 1 unspecified atom stereocenters. The van der Waals surface area contributed by atoms with Crippen LogP contribution in [0.1, 0.15) is 84.0 Å². The van der Waals surface area contributed by atoms with Crippen molar-refractivity contribution in [3.05, 3.63) is 41.8 Å². The van der Waals surface area contributed by atoms with Crippen LogP contribution in [0.15, 0.2) is 34.9 Å². The SMILES string of the molecule is CCCCCCC(O[Si](C)(C)C(C)(C)C)C(=O)N(C)c1nc(O)c([C@H](C)c2c[nH]c3ccccc23)o1. The van der Waals surface area contributed by atoms with Gasteiger partial charge in [0, 0.05) is 30.1 Å². The van der Waals surface area contributed by atoms with Crippen LogP contribution in [0, 0.1) is 0 Å². The maximum absolute atomic E-state index is 13.6. The molecule has 8 heteroatoms. The predicted molar refractivity (Wildman–Crippen MR) is 148 cm³/mol. The average Bonchev–Trinajstić information content (AvgIpc) is 3.42. The lowest BCUT2D eigenvalue weighted by Crippen LogP contribution is -2.49. The van der Waals surface area contributed by atoms with E-state index in [1.165, 1.54) is 4.90 Å². The first kappa shape index (κ1) is 28.0. The van der Waals surface area contributed by atoms with Crippen LogP contribution in [-0.2, 0) is 9.22 Å². The Balaban J connectivity index is 1.84. The summed E-state index contributed by atoms with van der Waals surface area (Å²) in [4.78, 5) is 22.5. The fourth-order valence-corrected chi connectivity index (χ4v) is 5.45. The standard InChI is InChI=1S/C28H43N3O4Si/c1-9-10-11-12-17-23(35-36(7,8)28(3,4)5)26(33)31(6)27-30-25(32)24(34-27)19(2)21-18-29-22-16-14-13-15-20(21)22/h13-16,18-19,23,29,32H,9-12,17H2,1-8H3/t19-,23?/m1/s1. The first-order valence-electron chi connectivity index (χ1n) is 13.1. The van der Waals surface area contributed by atoms with Gasteiger partial charge in [0.05, 0.1) is 0 Å². The van der Waals surface area contributed by atoms with Gasteiger partial charge < -0.3 is 18.9 Å². The van der Waals surface area contributed by atoms with Crippen molar-refractivity contribution in [3.8, 4) is 5.88 Å². The Morgan fingerprint density at radius 1 is 1.22 bits per heavy atom. The Hall–Kier alpha value is -2.58. The summed E-state index contributed by atoms with van der Waals surface area (Å²) >= 11 is 0. The van der Waals surface area contributed by atoms with Gasteiger partial charge in [-0.1, -0.05) is 78.5 Å². The maximum atomic E-state index is 13.6. The molecule has 7 nitrogen and oxygen atoms in total. The van der Waals surface area contributed by atoms with Crippen molar-refractivity contribution in [2.45, 2.75) is 96.9 Å². The number of rotatable bonds is 11. The van der Waals surface area contributed by atoms with Crippen LogP contribution < -0.4 is 4.90 Å². The summed E-state index contributed by atoms with van der Waals surface area (Å²) < 4.78 is 12.6. The van der Waals surface area contributed by atoms with E-state index >= 15 is 0 Å². The van der Waals surface area contributed by atoms with Crippen LogP contribution in [0.2, 0.25) is 18.1 Å². The lowest BCUT2D eigenvalue weighted by atomic mass is 9.98. The zero-order valence-electron chi connectivity index (χ0n) is 23.1. The molecule has 0 aliphatic heterocycles. The number of fused-ring (bicyclic) bond motifs is 1. The van der Waals surface area contributed by atoms with E-state index in [0.29, 0.717) is 12.2 Å². The summed E-state index contributed by atoms with van der Waals surface area (Å²) in [6.07, 6.45) is 6.26. The summed E-state index contributed by atoms with van der Waals surface area (Å²) in [5.74, 6) is -0.311. The highest BCUT2D eigenvalue weighted by Gasteiger charge is 2.41. The van der Waals surface area contributed by atoms with E-state index in [1.54, 1.807) is 7.05 Å². The minimum absolute atomic E-state index is 0.0172. The van der Waals surface area contributed by atoms with Crippen molar-refractivity contribution in [1.29, 1.82) is 0 Å². The molecule has 36 heavy (non-hydrogen) atoms. The summed E-state index contributed by atoms with van der Waals surface area (Å²) in [6.45, 7) is 15.0. The second kappa shape index (κ2) is 11.2. The van der Waals surface area contributed by atoms with Gasteiger partial charge in [0.25, 0.3) is 11.8 Å². The van der Waals surface area contributed by atoms with Crippen molar-refractivity contribution in [2.75, 3.05) is 11.9 Å². The molecule has 0 saturated heterocycles. The number of aromatic hydroxyl groups is 1. The molecule has 0 spiro atoms. The van der Waals surface area contributed by atoms with Gasteiger partial charge in [0.1, 0.15) is 6.10 Å². The van der Waals surface area contributed by atoms with Crippen LogP contribution in [-0.4, -0.2) is 42.5 Å². The van der Waals surface area contributed by atoms with Crippen molar-refractivity contribution >= 4 is 31.1 Å². The minimum atomic E-state index is -2.18. The van der Waals surface area contributed by atoms with Gasteiger partial charge in [-0.2, -0.15) is 4.98 Å². The van der Waals surface area contributed by atoms with Gasteiger partial charge in [-0.3, -0.25) is 9.69 Å². The van der Waals surface area contributed by atoms with Gasteiger partial charge in [-0.15, -0.1) is 0 Å². The number of unbranched alkanes of at least 4 members (excludes halogenated alkanes) is 3. The molecule has 198 valence electrons. The van der Waals surface area contributed by atoms with E-state index in [1.807, 2.05) is 37.4 Å². The van der Waals surface area contributed by atoms with Crippen molar-refractivity contribution in [2.24, 2.45) is 0 Å². The molecule has 0 fully saturated rings. The molecule has 2 N–H and O–H groups in total. The normalized spacial score (nSPS) is 14.2. The number of amides is 1. The molecule has 3 aromatic rings. The third-order valence-corrected chi connectivity index (χ3v) is 12.0. The lowest BCUT2D eigenvalue weighted by molar-refractivity contribution is -0.126. The highest BCUT2D eigenvalue weighted by atomic mass is 28.4. The molecule has 0 aliphatic carbocycles. The second-order valence-electron chi connectivity index (χ2n) is 11.3. The van der Waals surface area contributed by atoms with Crippen LogP contribution in [0.5, 0.6) is 5.88 Å². The topological polar surface area (TPSA) is 91.6 Å². The smallest absolute Gasteiger partial charge is 0.307 e. The van der Waals surface area contributed by atoms with Crippen molar-refractivity contribution in [1.82, 2.24) is 9.97 Å². The number of benzene rings is 1. The fraction of sp³-hybridized carbons (Fsp3) is 0.571. The number of carbonyl (C=O) groups excluding carboxylic acids is 1. The van der Waals surface area contributed by atoms with Crippen LogP contribution in [0.4, 0.5) is 6.01 Å². The number of nitrogens with one attached hydrogen (secondary N) is 1. The summed E-state index contributed by atoms with van der Waals surface area (Å²) in [5, 5.41) is 11.7.